The first-order valence-corrected chi connectivity index (χ1v) is 7.06. The van der Waals surface area contributed by atoms with Gasteiger partial charge in [0.2, 0.25) is 5.91 Å². The number of carbonyl (C=O) groups excluding carboxylic acids is 1. The van der Waals surface area contributed by atoms with Gasteiger partial charge < -0.3 is 5.32 Å². The zero-order valence-corrected chi connectivity index (χ0v) is 12.3. The molecule has 0 unspecified atom stereocenters. The van der Waals surface area contributed by atoms with Crippen LogP contribution in [0.25, 0.3) is 0 Å². The predicted octanol–water partition coefficient (Wildman–Crippen LogP) is 4.76. The van der Waals surface area contributed by atoms with Gasteiger partial charge in [0.1, 0.15) is 0 Å². The third kappa shape index (κ3) is 4.01. The molecule has 2 nitrogen and oxygen atoms in total. The Morgan fingerprint density at radius 1 is 1.16 bits per heavy atom. The minimum absolute atomic E-state index is 0.0897. The summed E-state index contributed by atoms with van der Waals surface area (Å²) < 4.78 is 0. The molecule has 0 saturated carbocycles. The largest absolute Gasteiger partial charge is 0.325 e. The van der Waals surface area contributed by atoms with E-state index in [1.165, 1.54) is 12.5 Å². The fourth-order valence-electron chi connectivity index (χ4n) is 1.61. The molecule has 2 rings (SSSR count). The van der Waals surface area contributed by atoms with Crippen LogP contribution in [0.2, 0.25) is 5.02 Å². The molecule has 0 spiro atoms. The number of aryl methyl sites for hydroxylation is 1. The number of rotatable bonds is 3. The van der Waals surface area contributed by atoms with E-state index in [9.17, 15) is 4.79 Å². The summed E-state index contributed by atoms with van der Waals surface area (Å²) in [7, 11) is 0. The van der Waals surface area contributed by atoms with Crippen LogP contribution < -0.4 is 5.32 Å². The second-order valence-electron chi connectivity index (χ2n) is 4.24. The van der Waals surface area contributed by atoms with Gasteiger partial charge in [0.05, 0.1) is 5.69 Å². The van der Waals surface area contributed by atoms with Gasteiger partial charge in [0.15, 0.2) is 0 Å². The van der Waals surface area contributed by atoms with E-state index in [4.69, 9.17) is 11.6 Å². The Bertz CT molecular complexity index is 596. The summed E-state index contributed by atoms with van der Waals surface area (Å²) in [5.41, 5.74) is 2.00. The number of halogens is 1. The van der Waals surface area contributed by atoms with Crippen LogP contribution in [0.5, 0.6) is 0 Å². The lowest BCUT2D eigenvalue weighted by Crippen LogP contribution is -2.06. The molecule has 1 amide bonds. The van der Waals surface area contributed by atoms with Gasteiger partial charge in [-0.2, -0.15) is 0 Å². The number of hydrogen-bond acceptors (Lipinski definition) is 2. The molecule has 0 bridgehead atoms. The Morgan fingerprint density at radius 2 is 1.84 bits per heavy atom. The van der Waals surface area contributed by atoms with Crippen molar-refractivity contribution in [2.24, 2.45) is 0 Å². The van der Waals surface area contributed by atoms with E-state index in [1.54, 1.807) is 17.8 Å². The molecule has 2 aromatic rings. The molecule has 0 saturated heterocycles. The van der Waals surface area contributed by atoms with E-state index in [0.717, 1.165) is 15.5 Å². The summed E-state index contributed by atoms with van der Waals surface area (Å²) in [4.78, 5) is 13.2. The van der Waals surface area contributed by atoms with E-state index in [0.29, 0.717) is 5.02 Å². The Morgan fingerprint density at radius 3 is 2.47 bits per heavy atom. The highest BCUT2D eigenvalue weighted by atomic mass is 35.5. The Labute approximate surface area is 122 Å². The van der Waals surface area contributed by atoms with E-state index in [-0.39, 0.29) is 5.91 Å². The number of benzene rings is 2. The molecular formula is C15H14ClNOS. The number of carbonyl (C=O) groups is 1. The molecule has 4 heteroatoms. The summed E-state index contributed by atoms with van der Waals surface area (Å²) in [6, 6.07) is 13.7. The summed E-state index contributed by atoms with van der Waals surface area (Å²) >= 11 is 7.60. The lowest BCUT2D eigenvalue weighted by molar-refractivity contribution is -0.114. The Kier molecular flexibility index (Phi) is 4.51. The van der Waals surface area contributed by atoms with Crippen LogP contribution in [-0.2, 0) is 4.79 Å². The molecule has 98 valence electrons. The van der Waals surface area contributed by atoms with Gasteiger partial charge in [0, 0.05) is 21.7 Å². The zero-order chi connectivity index (χ0) is 13.8. The average molecular weight is 292 g/mol. The first kappa shape index (κ1) is 14.0. The van der Waals surface area contributed by atoms with Gasteiger partial charge in [-0.05, 0) is 37.3 Å². The van der Waals surface area contributed by atoms with Crippen molar-refractivity contribution < 1.29 is 4.79 Å². The monoisotopic (exact) mass is 291 g/mol. The Balaban J connectivity index is 2.29. The van der Waals surface area contributed by atoms with Gasteiger partial charge in [0.25, 0.3) is 0 Å². The van der Waals surface area contributed by atoms with Crippen molar-refractivity contribution >= 4 is 35.0 Å². The third-order valence-corrected chi connectivity index (χ3v) is 3.80. The van der Waals surface area contributed by atoms with Crippen LogP contribution in [0.3, 0.4) is 0 Å². The highest BCUT2D eigenvalue weighted by Gasteiger charge is 2.07. The second-order valence-corrected chi connectivity index (χ2v) is 5.79. The van der Waals surface area contributed by atoms with Crippen molar-refractivity contribution in [1.82, 2.24) is 0 Å². The van der Waals surface area contributed by atoms with Crippen molar-refractivity contribution in [3.05, 3.63) is 53.1 Å². The maximum Gasteiger partial charge on any atom is 0.221 e. The second kappa shape index (κ2) is 6.13. The molecule has 0 atom stereocenters. The zero-order valence-electron chi connectivity index (χ0n) is 10.7. The van der Waals surface area contributed by atoms with Crippen molar-refractivity contribution in [1.29, 1.82) is 0 Å². The van der Waals surface area contributed by atoms with Crippen molar-refractivity contribution in [2.75, 3.05) is 5.32 Å². The molecule has 0 aliphatic heterocycles. The van der Waals surface area contributed by atoms with Crippen LogP contribution in [-0.4, -0.2) is 5.91 Å². The molecule has 1 N–H and O–H groups in total. The molecular weight excluding hydrogens is 278 g/mol. The molecule has 0 aromatic heterocycles. The highest BCUT2D eigenvalue weighted by molar-refractivity contribution is 7.99. The van der Waals surface area contributed by atoms with Crippen LogP contribution in [0.4, 0.5) is 5.69 Å². The molecule has 2 aromatic carbocycles. The molecule has 0 fully saturated rings. The van der Waals surface area contributed by atoms with E-state index in [1.807, 2.05) is 12.1 Å². The van der Waals surface area contributed by atoms with Crippen molar-refractivity contribution in [3.63, 3.8) is 0 Å². The molecule has 0 aliphatic rings. The fraction of sp³-hybridized carbons (Fsp3) is 0.133. The quantitative estimate of drug-likeness (QED) is 0.883. The summed E-state index contributed by atoms with van der Waals surface area (Å²) in [5.74, 6) is -0.0897. The van der Waals surface area contributed by atoms with Gasteiger partial charge >= 0.3 is 0 Å². The van der Waals surface area contributed by atoms with E-state index < -0.39 is 0 Å². The number of nitrogens with one attached hydrogen (secondary N) is 1. The summed E-state index contributed by atoms with van der Waals surface area (Å²) in [6.45, 7) is 3.55. The normalized spacial score (nSPS) is 10.3. The average Bonchev–Trinajstić information content (AvgIpc) is 2.35. The summed E-state index contributed by atoms with van der Waals surface area (Å²) in [5, 5.41) is 3.47. The van der Waals surface area contributed by atoms with Gasteiger partial charge in [-0.1, -0.05) is 41.1 Å². The van der Waals surface area contributed by atoms with Gasteiger partial charge in [-0.25, -0.2) is 0 Å². The number of anilines is 1. The van der Waals surface area contributed by atoms with Gasteiger partial charge in [-0.15, -0.1) is 0 Å². The van der Waals surface area contributed by atoms with Crippen LogP contribution >= 0.6 is 23.4 Å². The Hall–Kier alpha value is -1.45. The van der Waals surface area contributed by atoms with E-state index in [2.05, 4.69) is 36.5 Å². The minimum atomic E-state index is -0.0897. The smallest absolute Gasteiger partial charge is 0.221 e. The third-order valence-electron chi connectivity index (χ3n) is 2.50. The molecule has 19 heavy (non-hydrogen) atoms. The number of hydrogen-bond donors (Lipinski definition) is 1. The van der Waals surface area contributed by atoms with E-state index >= 15 is 0 Å². The topological polar surface area (TPSA) is 29.1 Å². The molecule has 0 radical (unpaired) electrons. The van der Waals surface area contributed by atoms with Gasteiger partial charge in [-0.3, -0.25) is 4.79 Å². The molecule has 0 heterocycles. The standard InChI is InChI=1S/C15H14ClNOS/c1-10-3-6-13(7-4-10)19-15-9-12(16)5-8-14(15)17-11(2)18/h3-9H,1-2H3,(H,17,18). The maximum atomic E-state index is 11.2. The van der Waals surface area contributed by atoms with Crippen molar-refractivity contribution in [2.45, 2.75) is 23.6 Å². The van der Waals surface area contributed by atoms with Crippen molar-refractivity contribution in [3.8, 4) is 0 Å². The summed E-state index contributed by atoms with van der Waals surface area (Å²) in [6.07, 6.45) is 0. The maximum absolute atomic E-state index is 11.2. The number of amides is 1. The minimum Gasteiger partial charge on any atom is -0.325 e. The fourth-order valence-corrected chi connectivity index (χ4v) is 2.78. The van der Waals surface area contributed by atoms with Crippen LogP contribution in [0.1, 0.15) is 12.5 Å². The van der Waals surface area contributed by atoms with Crippen LogP contribution in [0.15, 0.2) is 52.3 Å². The highest BCUT2D eigenvalue weighted by Crippen LogP contribution is 2.35. The lowest BCUT2D eigenvalue weighted by Gasteiger charge is -2.10. The lowest BCUT2D eigenvalue weighted by atomic mass is 10.2. The first-order valence-electron chi connectivity index (χ1n) is 5.86. The first-order chi connectivity index (χ1) is 9.04. The predicted molar refractivity (Wildman–Crippen MR) is 81.1 cm³/mol. The SMILES string of the molecule is CC(=O)Nc1ccc(Cl)cc1Sc1ccc(C)cc1. The molecule has 0 aliphatic carbocycles. The van der Waals surface area contributed by atoms with Crippen LogP contribution in [0, 0.1) is 6.92 Å².